The summed E-state index contributed by atoms with van der Waals surface area (Å²) in [6.45, 7) is 7.42. The maximum absolute atomic E-state index is 13.9. The van der Waals surface area contributed by atoms with Crippen molar-refractivity contribution in [3.8, 4) is 0 Å². The van der Waals surface area contributed by atoms with Crippen molar-refractivity contribution in [2.24, 2.45) is 0 Å². The summed E-state index contributed by atoms with van der Waals surface area (Å²) in [5.41, 5.74) is 0.833. The Morgan fingerprint density at radius 3 is 2.50 bits per heavy atom. The first kappa shape index (κ1) is 13.0. The van der Waals surface area contributed by atoms with Crippen LogP contribution >= 0.6 is 0 Å². The SMILES string of the molecule is CC(C)c1cc(C(C)(C)O)c2cccc(F)c2n1. The highest BCUT2D eigenvalue weighted by molar-refractivity contribution is 5.83. The lowest BCUT2D eigenvalue weighted by Crippen LogP contribution is -2.17. The normalized spacial score (nSPS) is 12.4. The second-order valence-electron chi connectivity index (χ2n) is 5.44. The molecule has 0 saturated carbocycles. The van der Waals surface area contributed by atoms with Gasteiger partial charge in [-0.25, -0.2) is 9.37 Å². The fourth-order valence-corrected chi connectivity index (χ4v) is 2.04. The number of aliphatic hydroxyl groups is 1. The molecule has 0 radical (unpaired) electrons. The summed E-state index contributed by atoms with van der Waals surface area (Å²) in [6.07, 6.45) is 0. The van der Waals surface area contributed by atoms with Gasteiger partial charge in [0.25, 0.3) is 0 Å². The molecule has 18 heavy (non-hydrogen) atoms. The fourth-order valence-electron chi connectivity index (χ4n) is 2.04. The van der Waals surface area contributed by atoms with Crippen LogP contribution in [-0.2, 0) is 5.60 Å². The summed E-state index contributed by atoms with van der Waals surface area (Å²) < 4.78 is 13.9. The lowest BCUT2D eigenvalue weighted by molar-refractivity contribution is 0.0800. The van der Waals surface area contributed by atoms with E-state index in [1.54, 1.807) is 26.0 Å². The molecule has 1 N–H and O–H groups in total. The standard InChI is InChI=1S/C15H18FNO/c1-9(2)13-8-11(15(3,4)18)10-6-5-7-12(16)14(10)17-13/h5-9,18H,1-4H3. The smallest absolute Gasteiger partial charge is 0.149 e. The van der Waals surface area contributed by atoms with Gasteiger partial charge in [-0.1, -0.05) is 26.0 Å². The molecule has 3 heteroatoms. The van der Waals surface area contributed by atoms with Gasteiger partial charge in [0.15, 0.2) is 0 Å². The molecule has 0 aliphatic rings. The van der Waals surface area contributed by atoms with E-state index >= 15 is 0 Å². The Kier molecular flexibility index (Phi) is 3.11. The quantitative estimate of drug-likeness (QED) is 0.877. The van der Waals surface area contributed by atoms with Gasteiger partial charge in [0.2, 0.25) is 0 Å². The van der Waals surface area contributed by atoms with Crippen LogP contribution in [0.3, 0.4) is 0 Å². The lowest BCUT2D eigenvalue weighted by atomic mass is 9.92. The van der Waals surface area contributed by atoms with E-state index in [4.69, 9.17) is 0 Å². The van der Waals surface area contributed by atoms with Crippen LogP contribution in [0.15, 0.2) is 24.3 Å². The number of rotatable bonds is 2. The van der Waals surface area contributed by atoms with Gasteiger partial charge in [-0.05, 0) is 37.5 Å². The first-order chi connectivity index (χ1) is 8.30. The Bertz CT molecular complexity index is 585. The van der Waals surface area contributed by atoms with Crippen molar-refractivity contribution >= 4 is 10.9 Å². The second-order valence-corrected chi connectivity index (χ2v) is 5.44. The number of hydrogen-bond donors (Lipinski definition) is 1. The third-order valence-corrected chi connectivity index (χ3v) is 3.06. The zero-order chi connectivity index (χ0) is 13.5. The van der Waals surface area contributed by atoms with E-state index in [0.29, 0.717) is 10.9 Å². The van der Waals surface area contributed by atoms with Crippen LogP contribution in [0.5, 0.6) is 0 Å². The van der Waals surface area contributed by atoms with Gasteiger partial charge >= 0.3 is 0 Å². The molecule has 0 aliphatic carbocycles. The molecule has 0 spiro atoms. The Hall–Kier alpha value is -1.48. The van der Waals surface area contributed by atoms with Gasteiger partial charge in [0.1, 0.15) is 11.3 Å². The number of para-hydroxylation sites is 1. The molecule has 2 nitrogen and oxygen atoms in total. The van der Waals surface area contributed by atoms with E-state index in [2.05, 4.69) is 4.98 Å². The lowest BCUT2D eigenvalue weighted by Gasteiger charge is -2.22. The highest BCUT2D eigenvalue weighted by Crippen LogP contribution is 2.31. The molecule has 0 saturated heterocycles. The van der Waals surface area contributed by atoms with Gasteiger partial charge in [-0.2, -0.15) is 0 Å². The predicted octanol–water partition coefficient (Wildman–Crippen LogP) is 3.72. The van der Waals surface area contributed by atoms with Crippen molar-refractivity contribution in [3.63, 3.8) is 0 Å². The van der Waals surface area contributed by atoms with Gasteiger partial charge in [-0.15, -0.1) is 0 Å². The molecule has 0 aliphatic heterocycles. The number of hydrogen-bond acceptors (Lipinski definition) is 2. The Morgan fingerprint density at radius 2 is 1.94 bits per heavy atom. The molecule has 1 aromatic heterocycles. The molecule has 1 aromatic carbocycles. The number of halogens is 1. The molecule has 2 aromatic rings. The van der Waals surface area contributed by atoms with Crippen molar-refractivity contribution in [3.05, 3.63) is 41.3 Å². The summed E-state index contributed by atoms with van der Waals surface area (Å²) in [6, 6.07) is 6.70. The van der Waals surface area contributed by atoms with Crippen LogP contribution in [0.4, 0.5) is 4.39 Å². The number of nitrogens with zero attached hydrogens (tertiary/aromatic N) is 1. The molecule has 96 valence electrons. The van der Waals surface area contributed by atoms with E-state index in [1.165, 1.54) is 6.07 Å². The van der Waals surface area contributed by atoms with E-state index in [9.17, 15) is 9.50 Å². The summed E-state index contributed by atoms with van der Waals surface area (Å²) in [7, 11) is 0. The van der Waals surface area contributed by atoms with Gasteiger partial charge < -0.3 is 5.11 Å². The van der Waals surface area contributed by atoms with Gasteiger partial charge in [0, 0.05) is 11.1 Å². The third-order valence-electron chi connectivity index (χ3n) is 3.06. The van der Waals surface area contributed by atoms with Crippen LogP contribution in [0, 0.1) is 5.82 Å². The Morgan fingerprint density at radius 1 is 1.28 bits per heavy atom. The fraction of sp³-hybridized carbons (Fsp3) is 0.400. The third kappa shape index (κ3) is 2.23. The van der Waals surface area contributed by atoms with E-state index in [1.807, 2.05) is 19.9 Å². The summed E-state index contributed by atoms with van der Waals surface area (Å²) in [4.78, 5) is 4.36. The van der Waals surface area contributed by atoms with Crippen molar-refractivity contribution in [2.75, 3.05) is 0 Å². The largest absolute Gasteiger partial charge is 0.386 e. The molecule has 1 heterocycles. The van der Waals surface area contributed by atoms with Crippen molar-refractivity contribution < 1.29 is 9.50 Å². The van der Waals surface area contributed by atoms with Crippen LogP contribution in [0.25, 0.3) is 10.9 Å². The predicted molar refractivity (Wildman–Crippen MR) is 71.0 cm³/mol. The average Bonchev–Trinajstić information content (AvgIpc) is 2.27. The number of fused-ring (bicyclic) bond motifs is 1. The second kappa shape index (κ2) is 4.32. The van der Waals surface area contributed by atoms with Crippen molar-refractivity contribution in [2.45, 2.75) is 39.2 Å². The zero-order valence-electron chi connectivity index (χ0n) is 11.2. The number of pyridine rings is 1. The topological polar surface area (TPSA) is 33.1 Å². The van der Waals surface area contributed by atoms with Crippen LogP contribution in [0.1, 0.15) is 44.9 Å². The average molecular weight is 247 g/mol. The minimum Gasteiger partial charge on any atom is -0.386 e. The Labute approximate surface area is 106 Å². The Balaban J connectivity index is 2.86. The molecule has 0 unspecified atom stereocenters. The zero-order valence-corrected chi connectivity index (χ0v) is 11.2. The molecular weight excluding hydrogens is 229 g/mol. The maximum atomic E-state index is 13.9. The molecule has 0 bridgehead atoms. The first-order valence-electron chi connectivity index (χ1n) is 6.12. The van der Waals surface area contributed by atoms with E-state index in [0.717, 1.165) is 11.3 Å². The molecule has 0 amide bonds. The molecular formula is C15H18FNO. The minimum absolute atomic E-state index is 0.190. The molecule has 2 rings (SSSR count). The number of benzene rings is 1. The molecule has 0 fully saturated rings. The summed E-state index contributed by atoms with van der Waals surface area (Å²) >= 11 is 0. The van der Waals surface area contributed by atoms with Crippen LogP contribution < -0.4 is 0 Å². The summed E-state index contributed by atoms with van der Waals surface area (Å²) in [5, 5.41) is 10.9. The van der Waals surface area contributed by atoms with Crippen molar-refractivity contribution in [1.82, 2.24) is 4.98 Å². The van der Waals surface area contributed by atoms with E-state index < -0.39 is 5.60 Å². The van der Waals surface area contributed by atoms with Crippen LogP contribution in [-0.4, -0.2) is 10.1 Å². The monoisotopic (exact) mass is 247 g/mol. The minimum atomic E-state index is -1.02. The van der Waals surface area contributed by atoms with Gasteiger partial charge in [-0.3, -0.25) is 0 Å². The van der Waals surface area contributed by atoms with Crippen molar-refractivity contribution in [1.29, 1.82) is 0 Å². The van der Waals surface area contributed by atoms with Crippen LogP contribution in [0.2, 0.25) is 0 Å². The first-order valence-corrected chi connectivity index (χ1v) is 6.12. The maximum Gasteiger partial charge on any atom is 0.149 e. The number of aromatic nitrogens is 1. The van der Waals surface area contributed by atoms with Gasteiger partial charge in [0.05, 0.1) is 5.60 Å². The summed E-state index contributed by atoms with van der Waals surface area (Å²) in [5.74, 6) is -0.157. The highest BCUT2D eigenvalue weighted by Gasteiger charge is 2.22. The highest BCUT2D eigenvalue weighted by atomic mass is 19.1. The molecule has 0 atom stereocenters. The van der Waals surface area contributed by atoms with E-state index in [-0.39, 0.29) is 11.7 Å².